The molecule has 1 atom stereocenters. The summed E-state index contributed by atoms with van der Waals surface area (Å²) in [6, 6.07) is 5.86. The van der Waals surface area contributed by atoms with Crippen molar-refractivity contribution in [3.8, 4) is 0 Å². The summed E-state index contributed by atoms with van der Waals surface area (Å²) < 4.78 is 0. The number of nitrogens with one attached hydrogen (secondary N) is 2. The molecule has 1 aliphatic heterocycles. The van der Waals surface area contributed by atoms with Crippen molar-refractivity contribution in [1.29, 1.82) is 0 Å². The second-order valence-corrected chi connectivity index (χ2v) is 5.61. The third-order valence-electron chi connectivity index (χ3n) is 3.68. The van der Waals surface area contributed by atoms with Crippen molar-refractivity contribution in [2.45, 2.75) is 19.9 Å². The van der Waals surface area contributed by atoms with Gasteiger partial charge in [-0.1, -0.05) is 26.0 Å². The Morgan fingerprint density at radius 1 is 1.09 bits per heavy atom. The van der Waals surface area contributed by atoms with Gasteiger partial charge in [-0.05, 0) is 25.1 Å². The van der Waals surface area contributed by atoms with Gasteiger partial charge in [-0.2, -0.15) is 0 Å². The van der Waals surface area contributed by atoms with E-state index in [1.807, 2.05) is 13.8 Å². The van der Waals surface area contributed by atoms with E-state index in [1.165, 1.54) is 0 Å². The van der Waals surface area contributed by atoms with Gasteiger partial charge in [-0.15, -0.1) is 12.4 Å². The lowest BCUT2D eigenvalue weighted by Gasteiger charge is -2.28. The molecule has 1 heterocycles. The zero-order valence-electron chi connectivity index (χ0n) is 13.5. The van der Waals surface area contributed by atoms with Gasteiger partial charge in [0.15, 0.2) is 0 Å². The average molecular weight is 340 g/mol. The molecule has 0 radical (unpaired) electrons. The van der Waals surface area contributed by atoms with Crippen LogP contribution in [-0.2, 0) is 4.79 Å². The van der Waals surface area contributed by atoms with Gasteiger partial charge < -0.3 is 10.6 Å². The molecule has 23 heavy (non-hydrogen) atoms. The van der Waals surface area contributed by atoms with E-state index in [9.17, 15) is 14.4 Å². The van der Waals surface area contributed by atoms with E-state index in [1.54, 1.807) is 31.3 Å². The molecule has 0 spiro atoms. The van der Waals surface area contributed by atoms with Crippen LogP contribution in [0.3, 0.4) is 0 Å². The number of carbonyl (C=O) groups excluding carboxylic acids is 3. The molecule has 2 rings (SSSR count). The fourth-order valence-corrected chi connectivity index (χ4v) is 2.59. The first kappa shape index (κ1) is 19.1. The molecule has 7 heteroatoms. The fourth-order valence-electron chi connectivity index (χ4n) is 2.59. The third-order valence-corrected chi connectivity index (χ3v) is 3.68. The molecule has 0 fully saturated rings. The first-order valence-corrected chi connectivity index (χ1v) is 7.38. The number of hydrogen-bond acceptors (Lipinski definition) is 4. The van der Waals surface area contributed by atoms with Crippen LogP contribution in [0.4, 0.5) is 0 Å². The Hall–Kier alpha value is -1.92. The topological polar surface area (TPSA) is 78.5 Å². The quantitative estimate of drug-likeness (QED) is 0.600. The highest BCUT2D eigenvalue weighted by Crippen LogP contribution is 2.27. The monoisotopic (exact) mass is 339 g/mol. The molecule has 0 saturated heterocycles. The number of carbonyl (C=O) groups is 3. The Bertz CT molecular complexity index is 569. The van der Waals surface area contributed by atoms with Crippen molar-refractivity contribution in [2.24, 2.45) is 5.92 Å². The van der Waals surface area contributed by atoms with Crippen LogP contribution in [0.2, 0.25) is 0 Å². The minimum Gasteiger partial charge on any atom is -0.353 e. The lowest BCUT2D eigenvalue weighted by Crippen LogP contribution is -2.52. The van der Waals surface area contributed by atoms with Crippen molar-refractivity contribution in [3.05, 3.63) is 35.4 Å². The molecule has 1 aromatic rings. The summed E-state index contributed by atoms with van der Waals surface area (Å²) in [7, 11) is 1.79. The summed E-state index contributed by atoms with van der Waals surface area (Å²) in [4.78, 5) is 38.5. The number of likely N-dealkylation sites (N-methyl/N-ethyl adjacent to an activating group) is 1. The number of hydrogen-bond donors (Lipinski definition) is 2. The van der Waals surface area contributed by atoms with Crippen molar-refractivity contribution in [1.82, 2.24) is 15.5 Å². The van der Waals surface area contributed by atoms with Crippen molar-refractivity contribution >= 4 is 30.1 Å². The second-order valence-electron chi connectivity index (χ2n) is 5.61. The molecule has 126 valence electrons. The van der Waals surface area contributed by atoms with Gasteiger partial charge in [-0.3, -0.25) is 19.3 Å². The van der Waals surface area contributed by atoms with E-state index in [0.29, 0.717) is 24.2 Å². The van der Waals surface area contributed by atoms with Crippen LogP contribution in [0.15, 0.2) is 24.3 Å². The maximum Gasteiger partial charge on any atom is 0.262 e. The Morgan fingerprint density at radius 3 is 2.04 bits per heavy atom. The van der Waals surface area contributed by atoms with E-state index in [-0.39, 0.29) is 24.2 Å². The fraction of sp³-hybridized carbons (Fsp3) is 0.438. The highest BCUT2D eigenvalue weighted by molar-refractivity contribution is 6.22. The smallest absolute Gasteiger partial charge is 0.262 e. The number of imide groups is 1. The van der Waals surface area contributed by atoms with Crippen molar-refractivity contribution in [3.63, 3.8) is 0 Å². The van der Waals surface area contributed by atoms with Gasteiger partial charge in [0.2, 0.25) is 5.91 Å². The van der Waals surface area contributed by atoms with Crippen LogP contribution in [-0.4, -0.2) is 48.8 Å². The van der Waals surface area contributed by atoms with Crippen molar-refractivity contribution in [2.75, 3.05) is 20.1 Å². The number of benzene rings is 1. The molecule has 6 nitrogen and oxygen atoms in total. The molecular formula is C16H22ClN3O3. The highest BCUT2D eigenvalue weighted by atomic mass is 35.5. The molecule has 0 saturated carbocycles. The van der Waals surface area contributed by atoms with E-state index >= 15 is 0 Å². The van der Waals surface area contributed by atoms with Crippen LogP contribution >= 0.6 is 12.4 Å². The van der Waals surface area contributed by atoms with Gasteiger partial charge in [0.1, 0.15) is 6.04 Å². The van der Waals surface area contributed by atoms with Crippen LogP contribution in [0.25, 0.3) is 0 Å². The molecule has 0 aromatic heterocycles. The van der Waals surface area contributed by atoms with Gasteiger partial charge >= 0.3 is 0 Å². The lowest BCUT2D eigenvalue weighted by atomic mass is 10.0. The summed E-state index contributed by atoms with van der Waals surface area (Å²) in [5.41, 5.74) is 0.724. The molecule has 0 aliphatic carbocycles. The van der Waals surface area contributed by atoms with Crippen LogP contribution in [0.5, 0.6) is 0 Å². The minimum absolute atomic E-state index is 0. The Labute approximate surface area is 142 Å². The van der Waals surface area contributed by atoms with Crippen LogP contribution in [0.1, 0.15) is 34.6 Å². The third kappa shape index (κ3) is 3.71. The van der Waals surface area contributed by atoms with E-state index in [2.05, 4.69) is 10.6 Å². The van der Waals surface area contributed by atoms with Gasteiger partial charge in [0.05, 0.1) is 11.1 Å². The maximum absolute atomic E-state index is 12.5. The molecule has 0 bridgehead atoms. The summed E-state index contributed by atoms with van der Waals surface area (Å²) in [6.45, 7) is 4.72. The Balaban J connectivity index is 0.00000264. The van der Waals surface area contributed by atoms with Crippen LogP contribution in [0, 0.1) is 5.92 Å². The molecular weight excluding hydrogens is 318 g/mol. The van der Waals surface area contributed by atoms with Crippen LogP contribution < -0.4 is 10.6 Å². The lowest BCUT2D eigenvalue weighted by molar-refractivity contribution is -0.126. The van der Waals surface area contributed by atoms with Crippen molar-refractivity contribution < 1.29 is 14.4 Å². The average Bonchev–Trinajstić information content (AvgIpc) is 2.73. The van der Waals surface area contributed by atoms with E-state index in [0.717, 1.165) is 4.90 Å². The summed E-state index contributed by atoms with van der Waals surface area (Å²) in [5, 5.41) is 5.69. The molecule has 3 amide bonds. The maximum atomic E-state index is 12.5. The highest BCUT2D eigenvalue weighted by Gasteiger charge is 2.43. The Morgan fingerprint density at radius 2 is 1.61 bits per heavy atom. The number of fused-ring (bicyclic) bond motifs is 1. The molecule has 1 unspecified atom stereocenters. The summed E-state index contributed by atoms with van der Waals surface area (Å²) in [5.74, 6) is -1.28. The van der Waals surface area contributed by atoms with Gasteiger partial charge in [0, 0.05) is 13.1 Å². The van der Waals surface area contributed by atoms with E-state index in [4.69, 9.17) is 0 Å². The standard InChI is InChI=1S/C16H21N3O3.ClH/c1-10(2)13(14(20)18-9-8-17-3)19-15(21)11-6-4-5-7-12(11)16(19)22;/h4-7,10,13,17H,8-9H2,1-3H3,(H,18,20);1H. The van der Waals surface area contributed by atoms with Gasteiger partial charge in [0.25, 0.3) is 11.8 Å². The zero-order chi connectivity index (χ0) is 16.3. The number of nitrogens with zero attached hydrogens (tertiary/aromatic N) is 1. The first-order chi connectivity index (χ1) is 10.5. The number of amides is 3. The zero-order valence-corrected chi connectivity index (χ0v) is 14.3. The van der Waals surface area contributed by atoms with E-state index < -0.39 is 17.9 Å². The SMILES string of the molecule is CNCCNC(=O)C(C(C)C)N1C(=O)c2ccccc2C1=O.Cl. The van der Waals surface area contributed by atoms with Gasteiger partial charge in [-0.25, -0.2) is 0 Å². The second kappa shape index (κ2) is 8.08. The predicted octanol–water partition coefficient (Wildman–Crippen LogP) is 1.06. The minimum atomic E-state index is -0.802. The Kier molecular flexibility index (Phi) is 6.72. The predicted molar refractivity (Wildman–Crippen MR) is 89.8 cm³/mol. The normalized spacial score (nSPS) is 14.5. The summed E-state index contributed by atoms with van der Waals surface area (Å²) >= 11 is 0. The molecule has 2 N–H and O–H groups in total. The molecule has 1 aliphatic rings. The number of halogens is 1. The summed E-state index contributed by atoms with van der Waals surface area (Å²) in [6.07, 6.45) is 0. The first-order valence-electron chi connectivity index (χ1n) is 7.38. The largest absolute Gasteiger partial charge is 0.353 e. The molecule has 1 aromatic carbocycles. The number of rotatable bonds is 6.